The molecule has 0 aliphatic carbocycles. The van der Waals surface area contributed by atoms with E-state index in [4.69, 9.17) is 4.74 Å². The quantitative estimate of drug-likeness (QED) is 0.835. The highest BCUT2D eigenvalue weighted by Crippen LogP contribution is 2.32. The SMILES string of the molecule is CC(C)(C)OC(=O)N1CCc2ncccc2C1CCF. The average Bonchev–Trinajstić information content (AvgIpc) is 2.37. The van der Waals surface area contributed by atoms with E-state index in [0.717, 1.165) is 11.3 Å². The van der Waals surface area contributed by atoms with Gasteiger partial charge < -0.3 is 9.64 Å². The lowest BCUT2D eigenvalue weighted by Crippen LogP contribution is -2.43. The summed E-state index contributed by atoms with van der Waals surface area (Å²) in [4.78, 5) is 18.2. The molecule has 0 aromatic carbocycles. The van der Waals surface area contributed by atoms with Crippen molar-refractivity contribution in [3.8, 4) is 0 Å². The maximum absolute atomic E-state index is 12.8. The predicted octanol–water partition coefficient (Wildman–Crippen LogP) is 3.28. The topological polar surface area (TPSA) is 42.4 Å². The van der Waals surface area contributed by atoms with Gasteiger partial charge >= 0.3 is 6.09 Å². The Balaban J connectivity index is 2.24. The molecule has 2 rings (SSSR count). The number of aromatic nitrogens is 1. The minimum atomic E-state index is -0.549. The largest absolute Gasteiger partial charge is 0.444 e. The molecule has 0 radical (unpaired) electrons. The lowest BCUT2D eigenvalue weighted by molar-refractivity contribution is 0.0124. The second kappa shape index (κ2) is 5.77. The summed E-state index contributed by atoms with van der Waals surface area (Å²) in [5.41, 5.74) is 1.33. The molecule has 0 fully saturated rings. The molecule has 0 saturated carbocycles. The van der Waals surface area contributed by atoms with Gasteiger partial charge in [-0.15, -0.1) is 0 Å². The van der Waals surface area contributed by atoms with Gasteiger partial charge in [0, 0.05) is 31.3 Å². The molecule has 20 heavy (non-hydrogen) atoms. The second-order valence-corrected chi connectivity index (χ2v) is 5.96. The Morgan fingerprint density at radius 2 is 2.30 bits per heavy atom. The lowest BCUT2D eigenvalue weighted by atomic mass is 9.95. The third-order valence-corrected chi connectivity index (χ3v) is 3.26. The van der Waals surface area contributed by atoms with Crippen molar-refractivity contribution in [3.63, 3.8) is 0 Å². The molecule has 0 N–H and O–H groups in total. The highest BCUT2D eigenvalue weighted by molar-refractivity contribution is 5.69. The number of amides is 1. The molecule has 0 saturated heterocycles. The van der Waals surface area contributed by atoms with E-state index < -0.39 is 12.3 Å². The summed E-state index contributed by atoms with van der Waals surface area (Å²) < 4.78 is 18.3. The molecule has 1 atom stereocenters. The van der Waals surface area contributed by atoms with E-state index in [1.165, 1.54) is 0 Å². The fourth-order valence-electron chi connectivity index (χ4n) is 2.47. The molecule has 1 aromatic heterocycles. The van der Waals surface area contributed by atoms with Crippen LogP contribution in [0.4, 0.5) is 9.18 Å². The Morgan fingerprint density at radius 3 is 2.95 bits per heavy atom. The number of pyridine rings is 1. The first-order chi connectivity index (χ1) is 9.42. The Kier molecular flexibility index (Phi) is 4.26. The zero-order valence-electron chi connectivity index (χ0n) is 12.2. The van der Waals surface area contributed by atoms with Crippen LogP contribution in [-0.4, -0.2) is 34.8 Å². The molecule has 1 aromatic rings. The van der Waals surface area contributed by atoms with Gasteiger partial charge in [-0.2, -0.15) is 0 Å². The van der Waals surface area contributed by atoms with Crippen LogP contribution in [-0.2, 0) is 11.2 Å². The van der Waals surface area contributed by atoms with Gasteiger partial charge in [-0.25, -0.2) is 4.79 Å². The van der Waals surface area contributed by atoms with Crippen LogP contribution in [0.1, 0.15) is 44.5 Å². The van der Waals surface area contributed by atoms with Crippen LogP contribution in [0.25, 0.3) is 0 Å². The van der Waals surface area contributed by atoms with Crippen LogP contribution in [0, 0.1) is 0 Å². The van der Waals surface area contributed by atoms with E-state index in [0.29, 0.717) is 13.0 Å². The van der Waals surface area contributed by atoms with Crippen LogP contribution in [0.15, 0.2) is 18.3 Å². The van der Waals surface area contributed by atoms with E-state index in [-0.39, 0.29) is 18.6 Å². The van der Waals surface area contributed by atoms with E-state index in [9.17, 15) is 9.18 Å². The number of hydrogen-bond donors (Lipinski definition) is 0. The first-order valence-corrected chi connectivity index (χ1v) is 6.92. The number of ether oxygens (including phenoxy) is 1. The fraction of sp³-hybridized carbons (Fsp3) is 0.600. The molecule has 1 aliphatic rings. The predicted molar refractivity (Wildman–Crippen MR) is 74.2 cm³/mol. The molecule has 0 bridgehead atoms. The Morgan fingerprint density at radius 1 is 1.55 bits per heavy atom. The van der Waals surface area contributed by atoms with Gasteiger partial charge in [-0.3, -0.25) is 9.37 Å². The smallest absolute Gasteiger partial charge is 0.410 e. The molecular formula is C15H21FN2O2. The normalized spacial score (nSPS) is 18.6. The van der Waals surface area contributed by atoms with Crippen LogP contribution < -0.4 is 0 Å². The summed E-state index contributed by atoms with van der Waals surface area (Å²) in [6.45, 7) is 5.53. The van der Waals surface area contributed by atoms with Crippen molar-refractivity contribution in [2.45, 2.75) is 45.3 Å². The summed E-state index contributed by atoms with van der Waals surface area (Å²) >= 11 is 0. The molecule has 4 nitrogen and oxygen atoms in total. The van der Waals surface area contributed by atoms with E-state index in [1.54, 1.807) is 11.1 Å². The lowest BCUT2D eigenvalue weighted by Gasteiger charge is -2.37. The van der Waals surface area contributed by atoms with Gasteiger partial charge in [0.05, 0.1) is 12.7 Å². The van der Waals surface area contributed by atoms with Crippen molar-refractivity contribution in [2.75, 3.05) is 13.2 Å². The number of halogens is 1. The van der Waals surface area contributed by atoms with E-state index in [1.807, 2.05) is 32.9 Å². The highest BCUT2D eigenvalue weighted by Gasteiger charge is 2.33. The molecule has 0 spiro atoms. The maximum atomic E-state index is 12.8. The summed E-state index contributed by atoms with van der Waals surface area (Å²) in [5.74, 6) is 0. The van der Waals surface area contributed by atoms with E-state index in [2.05, 4.69) is 4.98 Å². The Bertz CT molecular complexity index is 485. The molecule has 5 heteroatoms. The molecule has 1 unspecified atom stereocenters. The van der Waals surface area contributed by atoms with Gasteiger partial charge in [-0.1, -0.05) is 6.07 Å². The van der Waals surface area contributed by atoms with Crippen molar-refractivity contribution in [3.05, 3.63) is 29.6 Å². The first-order valence-electron chi connectivity index (χ1n) is 6.92. The molecular weight excluding hydrogens is 259 g/mol. The number of carbonyl (C=O) groups excluding carboxylic acids is 1. The third kappa shape index (κ3) is 3.26. The second-order valence-electron chi connectivity index (χ2n) is 5.96. The number of alkyl halides is 1. The zero-order valence-corrected chi connectivity index (χ0v) is 12.2. The summed E-state index contributed by atoms with van der Waals surface area (Å²) in [7, 11) is 0. The highest BCUT2D eigenvalue weighted by atomic mass is 19.1. The van der Waals surface area contributed by atoms with Crippen molar-refractivity contribution in [1.82, 2.24) is 9.88 Å². The summed E-state index contributed by atoms with van der Waals surface area (Å²) in [5, 5.41) is 0. The number of carbonyl (C=O) groups is 1. The molecule has 1 amide bonds. The fourth-order valence-corrected chi connectivity index (χ4v) is 2.47. The minimum Gasteiger partial charge on any atom is -0.444 e. The van der Waals surface area contributed by atoms with Gasteiger partial charge in [0.2, 0.25) is 0 Å². The van der Waals surface area contributed by atoms with Crippen LogP contribution >= 0.6 is 0 Å². The van der Waals surface area contributed by atoms with Crippen molar-refractivity contribution >= 4 is 6.09 Å². The number of fused-ring (bicyclic) bond motifs is 1. The van der Waals surface area contributed by atoms with Crippen LogP contribution in [0.2, 0.25) is 0 Å². The summed E-state index contributed by atoms with van der Waals surface area (Å²) in [6.07, 6.45) is 2.30. The Hall–Kier alpha value is -1.65. The third-order valence-electron chi connectivity index (χ3n) is 3.26. The standard InChI is InChI=1S/C15H21FN2O2/c1-15(2,3)20-14(19)18-10-7-12-11(5-4-9-17-12)13(18)6-8-16/h4-5,9,13H,6-8,10H2,1-3H3. The average molecular weight is 280 g/mol. The number of rotatable bonds is 2. The summed E-state index contributed by atoms with van der Waals surface area (Å²) in [6, 6.07) is 3.45. The number of hydrogen-bond acceptors (Lipinski definition) is 3. The van der Waals surface area contributed by atoms with Gasteiger partial charge in [0.25, 0.3) is 0 Å². The Labute approximate surface area is 118 Å². The van der Waals surface area contributed by atoms with Crippen molar-refractivity contribution < 1.29 is 13.9 Å². The van der Waals surface area contributed by atoms with Crippen molar-refractivity contribution in [1.29, 1.82) is 0 Å². The van der Waals surface area contributed by atoms with Crippen molar-refractivity contribution in [2.24, 2.45) is 0 Å². The van der Waals surface area contributed by atoms with Crippen LogP contribution in [0.3, 0.4) is 0 Å². The van der Waals surface area contributed by atoms with Gasteiger partial charge in [-0.05, 0) is 32.4 Å². The molecule has 2 heterocycles. The molecule has 110 valence electrons. The minimum absolute atomic E-state index is 0.276. The van der Waals surface area contributed by atoms with E-state index >= 15 is 0 Å². The van der Waals surface area contributed by atoms with Gasteiger partial charge in [0.1, 0.15) is 5.60 Å². The van der Waals surface area contributed by atoms with Gasteiger partial charge in [0.15, 0.2) is 0 Å². The zero-order chi connectivity index (χ0) is 14.8. The number of nitrogens with zero attached hydrogens (tertiary/aromatic N) is 2. The monoisotopic (exact) mass is 280 g/mol. The first kappa shape index (κ1) is 14.8. The molecule has 1 aliphatic heterocycles. The van der Waals surface area contributed by atoms with Crippen LogP contribution in [0.5, 0.6) is 0 Å². The maximum Gasteiger partial charge on any atom is 0.410 e.